The summed E-state index contributed by atoms with van der Waals surface area (Å²) in [5, 5.41) is 3.35. The maximum atomic E-state index is 14.0. The molecule has 206 valence electrons. The van der Waals surface area contributed by atoms with Crippen LogP contribution in [-0.4, -0.2) is 18.7 Å². The van der Waals surface area contributed by atoms with Gasteiger partial charge in [0, 0.05) is 36.3 Å². The zero-order chi connectivity index (χ0) is 28.2. The smallest absolute Gasteiger partial charge is 0.273 e. The second-order valence-electron chi connectivity index (χ2n) is 9.23. The van der Waals surface area contributed by atoms with E-state index in [1.54, 1.807) is 11.8 Å². The van der Waals surface area contributed by atoms with Crippen LogP contribution >= 0.6 is 15.9 Å². The fourth-order valence-corrected chi connectivity index (χ4v) is 4.27. The van der Waals surface area contributed by atoms with E-state index in [9.17, 15) is 18.4 Å². The van der Waals surface area contributed by atoms with Crippen LogP contribution in [0.5, 0.6) is 0 Å². The lowest BCUT2D eigenvalue weighted by molar-refractivity contribution is -0.114. The molecule has 0 aromatic heterocycles. The number of halogens is 3. The molecule has 38 heavy (non-hydrogen) atoms. The third-order valence-electron chi connectivity index (χ3n) is 6.11. The Hall–Kier alpha value is -2.84. The zero-order valence-electron chi connectivity index (χ0n) is 22.7. The van der Waals surface area contributed by atoms with Crippen LogP contribution in [0, 0.1) is 24.5 Å². The largest absolute Gasteiger partial charge is 0.492 e. The Morgan fingerprint density at radius 1 is 1.16 bits per heavy atom. The summed E-state index contributed by atoms with van der Waals surface area (Å²) >= 11 is 3.39. The lowest BCUT2D eigenvalue weighted by atomic mass is 10.0. The van der Waals surface area contributed by atoms with Crippen molar-refractivity contribution in [1.82, 2.24) is 5.32 Å². The molecular formula is C30H37BrF2N2O3. The molecule has 0 bridgehead atoms. The molecule has 0 radical (unpaired) electrons. The first-order chi connectivity index (χ1) is 18.1. The molecule has 1 N–H and O–H groups in total. The number of aryl methyl sites for hydroxylation is 1. The molecular weight excluding hydrogens is 554 g/mol. The van der Waals surface area contributed by atoms with Crippen LogP contribution in [0.1, 0.15) is 63.6 Å². The van der Waals surface area contributed by atoms with Crippen LogP contribution in [-0.2, 0) is 27.5 Å². The highest BCUT2D eigenvalue weighted by Crippen LogP contribution is 2.30. The minimum atomic E-state index is -0.709. The number of ether oxygens (including phenoxy) is 1. The molecule has 0 aliphatic heterocycles. The molecule has 2 aromatic carbocycles. The van der Waals surface area contributed by atoms with Gasteiger partial charge < -0.3 is 14.8 Å². The van der Waals surface area contributed by atoms with E-state index in [2.05, 4.69) is 28.2 Å². The van der Waals surface area contributed by atoms with Gasteiger partial charge in [0.1, 0.15) is 34.8 Å². The van der Waals surface area contributed by atoms with Gasteiger partial charge >= 0.3 is 0 Å². The van der Waals surface area contributed by atoms with E-state index in [0.717, 1.165) is 60.2 Å². The maximum Gasteiger partial charge on any atom is 0.273 e. The van der Waals surface area contributed by atoms with Crippen LogP contribution in [0.2, 0.25) is 0 Å². The number of rotatable bonds is 14. The second kappa shape index (κ2) is 15.5. The average Bonchev–Trinajstić information content (AvgIpc) is 2.88. The van der Waals surface area contributed by atoms with Crippen LogP contribution in [0.15, 0.2) is 58.4 Å². The first-order valence-corrected chi connectivity index (χ1v) is 13.6. The molecule has 0 saturated heterocycles. The van der Waals surface area contributed by atoms with Crippen molar-refractivity contribution in [2.45, 2.75) is 67.0 Å². The molecule has 0 saturated carbocycles. The van der Waals surface area contributed by atoms with Crippen molar-refractivity contribution in [3.05, 3.63) is 86.7 Å². The van der Waals surface area contributed by atoms with Crippen molar-refractivity contribution in [3.8, 4) is 0 Å². The highest BCUT2D eigenvalue weighted by atomic mass is 79.9. The summed E-state index contributed by atoms with van der Waals surface area (Å²) < 4.78 is 33.1. The summed E-state index contributed by atoms with van der Waals surface area (Å²) in [6, 6.07) is 9.21. The molecule has 1 atom stereocenters. The normalized spacial score (nSPS) is 13.1. The molecule has 0 spiro atoms. The quantitative estimate of drug-likeness (QED) is 0.141. The minimum Gasteiger partial charge on any atom is -0.492 e. The topological polar surface area (TPSA) is 58.6 Å². The Morgan fingerprint density at radius 3 is 2.53 bits per heavy atom. The Kier molecular flexibility index (Phi) is 12.8. The van der Waals surface area contributed by atoms with E-state index < -0.39 is 11.6 Å². The van der Waals surface area contributed by atoms with Gasteiger partial charge in [-0.2, -0.15) is 0 Å². The van der Waals surface area contributed by atoms with Crippen molar-refractivity contribution in [3.63, 3.8) is 0 Å². The zero-order valence-corrected chi connectivity index (χ0v) is 24.3. The van der Waals surface area contributed by atoms with E-state index in [0.29, 0.717) is 13.1 Å². The van der Waals surface area contributed by atoms with Crippen molar-refractivity contribution >= 4 is 33.8 Å². The van der Waals surface area contributed by atoms with E-state index in [-0.39, 0.29) is 34.2 Å². The molecule has 8 heteroatoms. The minimum absolute atomic E-state index is 0.0230. The number of aldehydes is 1. The van der Waals surface area contributed by atoms with E-state index >= 15 is 0 Å². The van der Waals surface area contributed by atoms with Crippen molar-refractivity contribution < 1.29 is 23.1 Å². The van der Waals surface area contributed by atoms with E-state index in [1.807, 2.05) is 45.0 Å². The molecule has 0 aliphatic carbocycles. The third kappa shape index (κ3) is 8.88. The number of benzene rings is 2. The highest BCUT2D eigenvalue weighted by molar-refractivity contribution is 9.12. The summed E-state index contributed by atoms with van der Waals surface area (Å²) in [6.07, 6.45) is 5.49. The Labute approximate surface area is 233 Å². The van der Waals surface area contributed by atoms with Crippen molar-refractivity contribution in [1.29, 1.82) is 0 Å². The molecule has 0 fully saturated rings. The van der Waals surface area contributed by atoms with E-state index in [4.69, 9.17) is 4.74 Å². The standard InChI is InChI=1S/C30H37BrF2N2O3/c1-6-8-21(4)35(28-14-23(11-10-20(28)3)16-34-17-24(18-36)9-7-2)30(37)29(31)22(5)38-19-25-12-13-26(32)15-27(25)33/h8,10-15,18,24,34H,6-7,9,16-17,19H2,1-5H3/b21-8+,29-22-. The molecule has 2 aromatic rings. The molecule has 0 heterocycles. The first kappa shape index (κ1) is 31.4. The number of anilines is 1. The van der Waals surface area contributed by atoms with Crippen LogP contribution in [0.4, 0.5) is 14.5 Å². The summed E-state index contributed by atoms with van der Waals surface area (Å²) in [7, 11) is 0. The molecule has 2 rings (SSSR count). The number of amides is 1. The number of hydrogen-bond acceptors (Lipinski definition) is 4. The van der Waals surface area contributed by atoms with Crippen molar-refractivity contribution in [2.75, 3.05) is 11.4 Å². The summed E-state index contributed by atoms with van der Waals surface area (Å²) in [4.78, 5) is 26.6. The van der Waals surface area contributed by atoms with Crippen LogP contribution < -0.4 is 10.2 Å². The summed E-state index contributed by atoms with van der Waals surface area (Å²) in [5.74, 6) is -1.45. The molecule has 1 amide bonds. The van der Waals surface area contributed by atoms with Gasteiger partial charge in [-0.05, 0) is 78.9 Å². The predicted octanol–water partition coefficient (Wildman–Crippen LogP) is 7.47. The molecule has 5 nitrogen and oxygen atoms in total. The third-order valence-corrected chi connectivity index (χ3v) is 7.01. The number of allylic oxidation sites excluding steroid dienone is 3. The van der Waals surface area contributed by atoms with Gasteiger partial charge in [0.05, 0.1) is 5.69 Å². The summed E-state index contributed by atoms with van der Waals surface area (Å²) in [5.41, 5.74) is 3.56. The van der Waals surface area contributed by atoms with Gasteiger partial charge in [-0.3, -0.25) is 9.69 Å². The summed E-state index contributed by atoms with van der Waals surface area (Å²) in [6.45, 7) is 10.5. The fraction of sp³-hybridized carbons (Fsp3) is 0.400. The van der Waals surface area contributed by atoms with Crippen LogP contribution in [0.3, 0.4) is 0 Å². The Bertz CT molecular complexity index is 1180. The molecule has 1 unspecified atom stereocenters. The highest BCUT2D eigenvalue weighted by Gasteiger charge is 2.24. The van der Waals surface area contributed by atoms with Gasteiger partial charge in [-0.15, -0.1) is 0 Å². The van der Waals surface area contributed by atoms with Gasteiger partial charge in [-0.25, -0.2) is 8.78 Å². The van der Waals surface area contributed by atoms with Gasteiger partial charge in [0.25, 0.3) is 5.91 Å². The van der Waals surface area contributed by atoms with Crippen molar-refractivity contribution in [2.24, 2.45) is 5.92 Å². The second-order valence-corrected chi connectivity index (χ2v) is 10.0. The number of nitrogens with zero attached hydrogens (tertiary/aromatic N) is 1. The molecule has 0 aliphatic rings. The van der Waals surface area contributed by atoms with E-state index in [1.165, 1.54) is 6.07 Å². The lowest BCUT2D eigenvalue weighted by Crippen LogP contribution is -2.31. The Morgan fingerprint density at radius 2 is 1.89 bits per heavy atom. The predicted molar refractivity (Wildman–Crippen MR) is 152 cm³/mol. The monoisotopic (exact) mass is 590 g/mol. The maximum absolute atomic E-state index is 14.0. The number of carbonyl (C=O) groups excluding carboxylic acids is 2. The first-order valence-electron chi connectivity index (χ1n) is 12.8. The average molecular weight is 592 g/mol. The number of hydrogen-bond donors (Lipinski definition) is 1. The van der Waals surface area contributed by atoms with Gasteiger partial charge in [-0.1, -0.05) is 38.5 Å². The van der Waals surface area contributed by atoms with Gasteiger partial charge in [0.15, 0.2) is 0 Å². The lowest BCUT2D eigenvalue weighted by Gasteiger charge is -2.26. The fourth-order valence-electron chi connectivity index (χ4n) is 3.98. The van der Waals surface area contributed by atoms with Crippen LogP contribution in [0.25, 0.3) is 0 Å². The van der Waals surface area contributed by atoms with Gasteiger partial charge in [0.2, 0.25) is 0 Å². The number of carbonyl (C=O) groups is 2. The SMILES string of the molecule is CC/C=C(\C)N(C(=O)/C(Br)=C(\C)OCc1ccc(F)cc1F)c1cc(CNCC(C=O)CCC)ccc1C. The Balaban J connectivity index is 2.30. The number of nitrogens with one attached hydrogen (secondary N) is 1.